The van der Waals surface area contributed by atoms with E-state index in [2.05, 4.69) is 15.7 Å². The summed E-state index contributed by atoms with van der Waals surface area (Å²) in [6, 6.07) is 9.84. The van der Waals surface area contributed by atoms with Crippen molar-refractivity contribution in [2.45, 2.75) is 63.6 Å². The fourth-order valence-corrected chi connectivity index (χ4v) is 4.52. The predicted octanol–water partition coefficient (Wildman–Crippen LogP) is 3.36. The molecule has 0 spiro atoms. The lowest BCUT2D eigenvalue weighted by Crippen LogP contribution is -2.40. The molecule has 2 amide bonds. The van der Waals surface area contributed by atoms with E-state index in [1.54, 1.807) is 23.3 Å². The highest BCUT2D eigenvalue weighted by molar-refractivity contribution is 5.99. The molecule has 2 heterocycles. The smallest absolute Gasteiger partial charge is 0.257 e. The van der Waals surface area contributed by atoms with E-state index in [4.69, 9.17) is 0 Å². The lowest BCUT2D eigenvalue weighted by molar-refractivity contribution is 0.0925. The highest BCUT2D eigenvalue weighted by Gasteiger charge is 2.28. The van der Waals surface area contributed by atoms with Crippen LogP contribution in [0.15, 0.2) is 59.9 Å². The van der Waals surface area contributed by atoms with Crippen LogP contribution in [0.5, 0.6) is 0 Å². The third kappa shape index (κ3) is 4.95. The minimum absolute atomic E-state index is 0.00595. The summed E-state index contributed by atoms with van der Waals surface area (Å²) in [4.78, 5) is 39.2. The molecule has 176 valence electrons. The molecule has 0 atom stereocenters. The number of nitrogens with zero attached hydrogens (tertiary/aromatic N) is 3. The number of hydrogen-bond donors (Lipinski definition) is 2. The van der Waals surface area contributed by atoms with E-state index in [1.165, 1.54) is 6.42 Å². The van der Waals surface area contributed by atoms with Gasteiger partial charge in [-0.1, -0.05) is 31.4 Å². The fourth-order valence-electron chi connectivity index (χ4n) is 4.52. The maximum absolute atomic E-state index is 13.2. The number of amides is 2. The molecule has 2 aromatic heterocycles. The highest BCUT2D eigenvalue weighted by atomic mass is 16.2. The van der Waals surface area contributed by atoms with Gasteiger partial charge in [-0.05, 0) is 49.4 Å². The molecule has 2 saturated carbocycles. The first-order valence-electron chi connectivity index (χ1n) is 12.0. The second-order valence-corrected chi connectivity index (χ2v) is 9.20. The van der Waals surface area contributed by atoms with Gasteiger partial charge in [-0.2, -0.15) is 5.10 Å². The minimum Gasteiger partial charge on any atom is -0.349 e. The Bertz CT molecular complexity index is 1240. The molecule has 0 unspecified atom stereocenters. The van der Waals surface area contributed by atoms with Crippen LogP contribution in [0.3, 0.4) is 0 Å². The van der Waals surface area contributed by atoms with E-state index < -0.39 is 11.3 Å². The highest BCUT2D eigenvalue weighted by Crippen LogP contribution is 2.34. The van der Waals surface area contributed by atoms with E-state index in [9.17, 15) is 14.4 Å². The number of carbonyl (C=O) groups is 2. The Balaban J connectivity index is 1.34. The van der Waals surface area contributed by atoms with Crippen LogP contribution in [0.25, 0.3) is 5.69 Å². The molecule has 0 saturated heterocycles. The minimum atomic E-state index is -0.520. The second-order valence-electron chi connectivity index (χ2n) is 9.20. The van der Waals surface area contributed by atoms with Crippen LogP contribution < -0.4 is 16.1 Å². The molecule has 1 aromatic carbocycles. The molecule has 2 aliphatic carbocycles. The summed E-state index contributed by atoms with van der Waals surface area (Å²) in [6.45, 7) is 0.259. The van der Waals surface area contributed by atoms with E-state index in [1.807, 2.05) is 41.1 Å². The maximum Gasteiger partial charge on any atom is 0.257 e. The summed E-state index contributed by atoms with van der Waals surface area (Å²) in [5.74, 6) is -0.857. The zero-order valence-electron chi connectivity index (χ0n) is 19.1. The molecule has 2 N–H and O–H groups in total. The van der Waals surface area contributed by atoms with Crippen molar-refractivity contribution >= 4 is 11.8 Å². The monoisotopic (exact) mass is 459 g/mol. The van der Waals surface area contributed by atoms with E-state index in [0.717, 1.165) is 49.8 Å². The third-order valence-electron chi connectivity index (χ3n) is 6.58. The molecule has 8 nitrogen and oxygen atoms in total. The number of carbonyl (C=O) groups excluding carboxylic acids is 2. The van der Waals surface area contributed by atoms with Gasteiger partial charge in [0.25, 0.3) is 11.8 Å². The van der Waals surface area contributed by atoms with Gasteiger partial charge in [0.15, 0.2) is 0 Å². The number of aromatic nitrogens is 3. The summed E-state index contributed by atoms with van der Waals surface area (Å²) >= 11 is 0. The Morgan fingerprint density at radius 2 is 1.74 bits per heavy atom. The van der Waals surface area contributed by atoms with E-state index >= 15 is 0 Å². The van der Waals surface area contributed by atoms with Crippen molar-refractivity contribution in [2.75, 3.05) is 0 Å². The van der Waals surface area contributed by atoms with Crippen molar-refractivity contribution in [1.29, 1.82) is 0 Å². The molecular weight excluding hydrogens is 430 g/mol. The van der Waals surface area contributed by atoms with Crippen LogP contribution in [-0.4, -0.2) is 32.2 Å². The largest absolute Gasteiger partial charge is 0.349 e. The van der Waals surface area contributed by atoms with Gasteiger partial charge in [0.05, 0.1) is 5.69 Å². The maximum atomic E-state index is 13.2. The van der Waals surface area contributed by atoms with Gasteiger partial charge in [0, 0.05) is 43.4 Å². The zero-order chi connectivity index (χ0) is 23.5. The van der Waals surface area contributed by atoms with Crippen molar-refractivity contribution in [1.82, 2.24) is 25.0 Å². The molecule has 3 aromatic rings. The van der Waals surface area contributed by atoms with Crippen molar-refractivity contribution in [2.24, 2.45) is 0 Å². The summed E-state index contributed by atoms with van der Waals surface area (Å²) < 4.78 is 3.60. The molecule has 8 heteroatoms. The van der Waals surface area contributed by atoms with Gasteiger partial charge in [-0.15, -0.1) is 0 Å². The average molecular weight is 460 g/mol. The molecule has 2 aliphatic rings. The van der Waals surface area contributed by atoms with Gasteiger partial charge in [0.1, 0.15) is 11.1 Å². The first-order chi connectivity index (χ1) is 16.6. The van der Waals surface area contributed by atoms with Crippen LogP contribution in [0.2, 0.25) is 0 Å². The predicted molar refractivity (Wildman–Crippen MR) is 128 cm³/mol. The molecule has 0 aliphatic heterocycles. The molecule has 0 bridgehead atoms. The standard InChI is InChI=1S/C26H29N5O3/c32-24-22(25(33)27-15-18-6-4-9-21(14-18)31-13-5-12-28-31)16-30(20-10-11-20)17-23(24)26(34)29-19-7-2-1-3-8-19/h4-6,9,12-14,16-17,19-20H,1-3,7-8,10-11,15H2,(H,27,33)(H,29,34). The Morgan fingerprint density at radius 3 is 2.44 bits per heavy atom. The normalized spacial score (nSPS) is 16.2. The topological polar surface area (TPSA) is 98.0 Å². The molecule has 2 fully saturated rings. The molecule has 34 heavy (non-hydrogen) atoms. The van der Waals surface area contributed by atoms with Crippen LogP contribution in [0, 0.1) is 0 Å². The third-order valence-corrected chi connectivity index (χ3v) is 6.58. The number of pyridine rings is 1. The van der Waals surface area contributed by atoms with Crippen molar-refractivity contribution in [3.8, 4) is 5.69 Å². The molecule has 5 rings (SSSR count). The Kier molecular flexibility index (Phi) is 6.29. The zero-order valence-corrected chi connectivity index (χ0v) is 19.1. The number of rotatable bonds is 7. The van der Waals surface area contributed by atoms with Gasteiger partial charge in [-0.25, -0.2) is 4.68 Å². The number of hydrogen-bond acceptors (Lipinski definition) is 4. The lowest BCUT2D eigenvalue weighted by Gasteiger charge is -2.23. The van der Waals surface area contributed by atoms with Crippen LogP contribution in [0.1, 0.15) is 77.3 Å². The lowest BCUT2D eigenvalue weighted by atomic mass is 9.95. The Labute approximate surface area is 198 Å². The van der Waals surface area contributed by atoms with Gasteiger partial charge < -0.3 is 15.2 Å². The molecular formula is C26H29N5O3. The Morgan fingerprint density at radius 1 is 0.971 bits per heavy atom. The van der Waals surface area contributed by atoms with Crippen molar-refractivity contribution in [3.63, 3.8) is 0 Å². The van der Waals surface area contributed by atoms with Crippen LogP contribution in [0.4, 0.5) is 0 Å². The SMILES string of the molecule is O=C(NCc1cccc(-n2cccn2)c1)c1cn(C2CC2)cc(C(=O)NC2CCCCC2)c1=O. The second kappa shape index (κ2) is 9.67. The first-order valence-corrected chi connectivity index (χ1v) is 12.0. The van der Waals surface area contributed by atoms with E-state index in [-0.39, 0.29) is 35.7 Å². The van der Waals surface area contributed by atoms with Crippen molar-refractivity contribution < 1.29 is 9.59 Å². The van der Waals surface area contributed by atoms with Gasteiger partial charge in [-0.3, -0.25) is 14.4 Å². The number of nitrogens with one attached hydrogen (secondary N) is 2. The fraction of sp³-hybridized carbons (Fsp3) is 0.385. The Hall–Kier alpha value is -3.68. The van der Waals surface area contributed by atoms with Gasteiger partial charge >= 0.3 is 0 Å². The quantitative estimate of drug-likeness (QED) is 0.566. The summed E-state index contributed by atoms with van der Waals surface area (Å²) in [5.41, 5.74) is 1.30. The average Bonchev–Trinajstić information content (AvgIpc) is 3.56. The van der Waals surface area contributed by atoms with Crippen LogP contribution in [-0.2, 0) is 6.54 Å². The van der Waals surface area contributed by atoms with Crippen molar-refractivity contribution in [3.05, 3.63) is 82.0 Å². The van der Waals surface area contributed by atoms with Gasteiger partial charge in [0.2, 0.25) is 5.43 Å². The van der Waals surface area contributed by atoms with Crippen LogP contribution >= 0.6 is 0 Å². The molecule has 0 radical (unpaired) electrons. The van der Waals surface area contributed by atoms with E-state index in [0.29, 0.717) is 0 Å². The first kappa shape index (κ1) is 22.1. The summed E-state index contributed by atoms with van der Waals surface area (Å²) in [5, 5.41) is 10.1. The number of benzene rings is 1. The summed E-state index contributed by atoms with van der Waals surface area (Å²) in [7, 11) is 0. The summed E-state index contributed by atoms with van der Waals surface area (Å²) in [6.07, 6.45) is 13.9.